The third-order valence-electron chi connectivity index (χ3n) is 4.73. The van der Waals surface area contributed by atoms with Gasteiger partial charge in [0.1, 0.15) is 18.1 Å². The largest absolute Gasteiger partial charge is 0.480 e. The van der Waals surface area contributed by atoms with Gasteiger partial charge >= 0.3 is 5.97 Å². The summed E-state index contributed by atoms with van der Waals surface area (Å²) in [5, 5.41) is 16.4. The molecule has 1 aromatic rings. The van der Waals surface area contributed by atoms with E-state index in [2.05, 4.69) is 25.9 Å². The number of aliphatic carboxylic acids is 1. The minimum atomic E-state index is -1.58. The maximum atomic E-state index is 13.1. The molecule has 194 valence electrons. The van der Waals surface area contributed by atoms with Crippen molar-refractivity contribution in [2.45, 2.75) is 63.7 Å². The number of carbonyl (C=O) groups excluding carboxylic acids is 5. The number of amides is 5. The molecule has 0 bridgehead atoms. The van der Waals surface area contributed by atoms with Crippen molar-refractivity contribution in [2.24, 2.45) is 23.1 Å². The van der Waals surface area contributed by atoms with Crippen molar-refractivity contribution in [2.75, 3.05) is 0 Å². The van der Waals surface area contributed by atoms with Crippen molar-refractivity contribution < 1.29 is 33.9 Å². The molecule has 0 saturated carbocycles. The molecule has 0 radical (unpaired) electrons. The van der Waals surface area contributed by atoms with Crippen LogP contribution in [0.25, 0.3) is 0 Å². The van der Waals surface area contributed by atoms with Gasteiger partial charge in [-0.05, 0) is 12.3 Å². The number of primary amides is 2. The number of carboxylic acids is 1. The summed E-state index contributed by atoms with van der Waals surface area (Å²) in [6.45, 7) is 3.55. The molecule has 0 fully saturated rings. The van der Waals surface area contributed by atoms with Crippen molar-refractivity contribution in [3.05, 3.63) is 18.2 Å². The normalized spacial score (nSPS) is 14.3. The van der Waals surface area contributed by atoms with Gasteiger partial charge < -0.3 is 43.2 Å². The molecule has 15 nitrogen and oxygen atoms in total. The predicted molar refractivity (Wildman–Crippen MR) is 121 cm³/mol. The highest BCUT2D eigenvalue weighted by Gasteiger charge is 2.31. The summed E-state index contributed by atoms with van der Waals surface area (Å²) >= 11 is 0. The Morgan fingerprint density at radius 1 is 0.914 bits per heavy atom. The molecule has 0 saturated heterocycles. The second-order valence-corrected chi connectivity index (χ2v) is 8.38. The first-order valence-corrected chi connectivity index (χ1v) is 10.7. The molecule has 11 N–H and O–H groups in total. The van der Waals surface area contributed by atoms with E-state index in [0.717, 1.165) is 0 Å². The number of nitrogens with zero attached hydrogens (tertiary/aromatic N) is 1. The van der Waals surface area contributed by atoms with Crippen LogP contribution in [0.15, 0.2) is 12.5 Å². The summed E-state index contributed by atoms with van der Waals surface area (Å²) in [6.07, 6.45) is 1.77. The van der Waals surface area contributed by atoms with Crippen molar-refractivity contribution in [1.29, 1.82) is 0 Å². The molecular formula is C20H32N8O7. The molecule has 0 spiro atoms. The molecule has 4 unspecified atom stereocenters. The number of aromatic amines is 1. The molecule has 1 aromatic heterocycles. The van der Waals surface area contributed by atoms with E-state index < -0.39 is 72.5 Å². The lowest BCUT2D eigenvalue weighted by Crippen LogP contribution is -2.58. The second kappa shape index (κ2) is 13.6. The predicted octanol–water partition coefficient (Wildman–Crippen LogP) is -3.38. The van der Waals surface area contributed by atoms with Crippen LogP contribution in [0.1, 0.15) is 38.8 Å². The van der Waals surface area contributed by atoms with E-state index in [0.29, 0.717) is 5.69 Å². The molecule has 1 heterocycles. The SMILES string of the molecule is CC(C)CC(NC(=O)C(Cc1cnc[nH]1)NC(=O)C(N)CC(N)=O)C(=O)NC(CC(N)=O)C(=O)O. The highest BCUT2D eigenvalue weighted by Crippen LogP contribution is 2.08. The number of H-pyrrole nitrogens is 1. The van der Waals surface area contributed by atoms with Gasteiger partial charge in [-0.2, -0.15) is 0 Å². The summed E-state index contributed by atoms with van der Waals surface area (Å²) in [5.41, 5.74) is 16.2. The Morgan fingerprint density at radius 3 is 1.94 bits per heavy atom. The average molecular weight is 497 g/mol. The number of nitrogens with one attached hydrogen (secondary N) is 4. The number of nitrogens with two attached hydrogens (primary N) is 3. The van der Waals surface area contributed by atoms with E-state index in [1.54, 1.807) is 13.8 Å². The summed E-state index contributed by atoms with van der Waals surface area (Å²) in [6, 6.07) is -5.31. The quantitative estimate of drug-likeness (QED) is 0.120. The van der Waals surface area contributed by atoms with Crippen LogP contribution in [0.5, 0.6) is 0 Å². The highest BCUT2D eigenvalue weighted by atomic mass is 16.4. The van der Waals surface area contributed by atoms with Crippen LogP contribution in [0.2, 0.25) is 0 Å². The number of rotatable bonds is 15. The maximum Gasteiger partial charge on any atom is 0.326 e. The average Bonchev–Trinajstić information content (AvgIpc) is 3.24. The van der Waals surface area contributed by atoms with Gasteiger partial charge in [-0.25, -0.2) is 9.78 Å². The Labute approximate surface area is 200 Å². The first kappa shape index (κ1) is 29.0. The highest BCUT2D eigenvalue weighted by molar-refractivity contribution is 5.95. The van der Waals surface area contributed by atoms with Crippen LogP contribution in [-0.4, -0.2) is 74.7 Å². The molecule has 0 aliphatic carbocycles. The molecular weight excluding hydrogens is 464 g/mol. The van der Waals surface area contributed by atoms with Gasteiger partial charge in [0.25, 0.3) is 0 Å². The summed E-state index contributed by atoms with van der Waals surface area (Å²) in [4.78, 5) is 78.5. The van der Waals surface area contributed by atoms with Crippen molar-refractivity contribution in [1.82, 2.24) is 25.9 Å². The molecule has 15 heteroatoms. The van der Waals surface area contributed by atoms with Gasteiger partial charge in [-0.15, -0.1) is 0 Å². The Kier molecular flexibility index (Phi) is 11.3. The number of carboxylic acid groups (broad SMARTS) is 1. The van der Waals surface area contributed by atoms with E-state index in [1.165, 1.54) is 12.5 Å². The zero-order chi connectivity index (χ0) is 26.7. The van der Waals surface area contributed by atoms with Gasteiger partial charge in [-0.3, -0.25) is 24.0 Å². The second-order valence-electron chi connectivity index (χ2n) is 8.38. The van der Waals surface area contributed by atoms with E-state index >= 15 is 0 Å². The van der Waals surface area contributed by atoms with Gasteiger partial charge in [-0.1, -0.05) is 13.8 Å². The zero-order valence-corrected chi connectivity index (χ0v) is 19.4. The third kappa shape index (κ3) is 10.6. The van der Waals surface area contributed by atoms with E-state index in [9.17, 15) is 33.9 Å². The first-order chi connectivity index (χ1) is 16.3. The minimum absolute atomic E-state index is 0.0592. The molecule has 1 rings (SSSR count). The summed E-state index contributed by atoms with van der Waals surface area (Å²) in [7, 11) is 0. The zero-order valence-electron chi connectivity index (χ0n) is 19.4. The Morgan fingerprint density at radius 2 is 1.46 bits per heavy atom. The van der Waals surface area contributed by atoms with Crippen LogP contribution >= 0.6 is 0 Å². The molecule has 0 aromatic carbocycles. The number of hydrogen-bond acceptors (Lipinski definition) is 8. The Hall–Kier alpha value is -4.01. The fourth-order valence-electron chi connectivity index (χ4n) is 3.06. The Bertz CT molecular complexity index is 919. The third-order valence-corrected chi connectivity index (χ3v) is 4.73. The first-order valence-electron chi connectivity index (χ1n) is 10.7. The van der Waals surface area contributed by atoms with E-state index in [4.69, 9.17) is 17.2 Å². The number of imidazole rings is 1. The lowest BCUT2D eigenvalue weighted by atomic mass is 10.0. The van der Waals surface area contributed by atoms with Crippen molar-refractivity contribution in [3.8, 4) is 0 Å². The fraction of sp³-hybridized carbons (Fsp3) is 0.550. The van der Waals surface area contributed by atoms with Crippen LogP contribution in [0.4, 0.5) is 0 Å². The Balaban J connectivity index is 3.06. The lowest BCUT2D eigenvalue weighted by Gasteiger charge is -2.25. The number of carbonyl (C=O) groups is 6. The monoisotopic (exact) mass is 496 g/mol. The van der Waals surface area contributed by atoms with Crippen molar-refractivity contribution in [3.63, 3.8) is 0 Å². The standard InChI is InChI=1S/C20H32N8O7/c1-9(2)3-12(18(32)28-14(20(34)35)6-16(23)30)27-19(33)13(4-10-7-24-8-25-10)26-17(31)11(21)5-15(22)29/h7-9,11-14H,3-6,21H2,1-2H3,(H2,22,29)(H2,23,30)(H,24,25)(H,26,31)(H,27,33)(H,28,32)(H,34,35). The molecule has 4 atom stereocenters. The van der Waals surface area contributed by atoms with Gasteiger partial charge in [0.05, 0.1) is 25.2 Å². The maximum absolute atomic E-state index is 13.1. The van der Waals surface area contributed by atoms with Gasteiger partial charge in [0.2, 0.25) is 29.5 Å². The van der Waals surface area contributed by atoms with Gasteiger partial charge in [0.15, 0.2) is 0 Å². The van der Waals surface area contributed by atoms with Crippen LogP contribution in [0, 0.1) is 5.92 Å². The minimum Gasteiger partial charge on any atom is -0.480 e. The lowest BCUT2D eigenvalue weighted by molar-refractivity contribution is -0.143. The van der Waals surface area contributed by atoms with E-state index in [1.807, 2.05) is 0 Å². The molecule has 0 aliphatic rings. The van der Waals surface area contributed by atoms with E-state index in [-0.39, 0.29) is 18.8 Å². The van der Waals surface area contributed by atoms with Crippen LogP contribution in [-0.2, 0) is 35.2 Å². The molecule has 5 amide bonds. The topological polar surface area (TPSA) is 265 Å². The van der Waals surface area contributed by atoms with Gasteiger partial charge in [0, 0.05) is 18.3 Å². The summed E-state index contributed by atoms with van der Waals surface area (Å²) < 4.78 is 0. The fourth-order valence-corrected chi connectivity index (χ4v) is 3.06. The van der Waals surface area contributed by atoms with Crippen molar-refractivity contribution >= 4 is 35.5 Å². The van der Waals surface area contributed by atoms with Crippen LogP contribution in [0.3, 0.4) is 0 Å². The number of aromatic nitrogens is 2. The molecule has 0 aliphatic heterocycles. The van der Waals surface area contributed by atoms with Crippen LogP contribution < -0.4 is 33.2 Å². The molecule has 35 heavy (non-hydrogen) atoms. The summed E-state index contributed by atoms with van der Waals surface area (Å²) in [5.74, 6) is -5.76. The smallest absolute Gasteiger partial charge is 0.326 e. The number of hydrogen-bond donors (Lipinski definition) is 8.